The van der Waals surface area contributed by atoms with Crippen molar-refractivity contribution in [2.45, 2.75) is 6.43 Å². The van der Waals surface area contributed by atoms with Crippen LogP contribution in [0.25, 0.3) is 0 Å². The molecule has 0 unspecified atom stereocenters. The zero-order valence-corrected chi connectivity index (χ0v) is 9.36. The fourth-order valence-corrected chi connectivity index (χ4v) is 2.13. The number of hydrogen-bond acceptors (Lipinski definition) is 1. The van der Waals surface area contributed by atoms with Crippen LogP contribution in [0.2, 0.25) is 0 Å². The number of nitrogens with zero attached hydrogens (tertiary/aromatic N) is 1. The van der Waals surface area contributed by atoms with Crippen LogP contribution in [0, 0.1) is 11.3 Å². The first-order valence-corrected chi connectivity index (χ1v) is 4.82. The van der Waals surface area contributed by atoms with Gasteiger partial charge < -0.3 is 0 Å². The predicted molar refractivity (Wildman–Crippen MR) is 51.5 cm³/mol. The Labute approximate surface area is 90.6 Å². The molecule has 0 spiro atoms. The molecule has 0 fully saturated rings. The molecule has 0 saturated heterocycles. The molecule has 1 nitrogen and oxygen atoms in total. The Bertz CT molecular complexity index is 371. The maximum absolute atomic E-state index is 12.3. The molecule has 68 valence electrons. The van der Waals surface area contributed by atoms with Gasteiger partial charge in [0.15, 0.2) is 0 Å². The Morgan fingerprint density at radius 3 is 2.38 bits per heavy atom. The molecule has 1 rings (SSSR count). The van der Waals surface area contributed by atoms with E-state index < -0.39 is 6.43 Å². The minimum Gasteiger partial charge on any atom is -0.205 e. The molecular weight excluding hydrogens is 308 g/mol. The molecule has 1 aromatic rings. The molecular formula is C8H3Br2F2N. The molecule has 1 aromatic carbocycles. The Morgan fingerprint density at radius 1 is 1.31 bits per heavy atom. The lowest BCUT2D eigenvalue weighted by atomic mass is 10.1. The summed E-state index contributed by atoms with van der Waals surface area (Å²) in [6, 6.07) is 4.54. The maximum atomic E-state index is 12.3. The Hall–Kier alpha value is -0.470. The summed E-state index contributed by atoms with van der Waals surface area (Å²) in [5.74, 6) is 0. The van der Waals surface area contributed by atoms with Crippen molar-refractivity contribution in [2.24, 2.45) is 0 Å². The lowest BCUT2D eigenvalue weighted by molar-refractivity contribution is 0.150. The summed E-state index contributed by atoms with van der Waals surface area (Å²) in [6.45, 7) is 0. The number of alkyl halides is 2. The molecule has 0 aromatic heterocycles. The summed E-state index contributed by atoms with van der Waals surface area (Å²) in [5, 5.41) is 8.65. The highest BCUT2D eigenvalue weighted by Gasteiger charge is 2.16. The summed E-state index contributed by atoms with van der Waals surface area (Å²) < 4.78 is 25.3. The average Bonchev–Trinajstić information content (AvgIpc) is 2.04. The van der Waals surface area contributed by atoms with Gasteiger partial charge in [0.05, 0.1) is 5.56 Å². The molecule has 0 atom stereocenters. The zero-order chi connectivity index (χ0) is 10.0. The molecule has 5 heteroatoms. The third-order valence-electron chi connectivity index (χ3n) is 1.47. The minimum atomic E-state index is -2.57. The van der Waals surface area contributed by atoms with E-state index in [9.17, 15) is 8.78 Å². The van der Waals surface area contributed by atoms with Crippen molar-refractivity contribution < 1.29 is 8.78 Å². The zero-order valence-electron chi connectivity index (χ0n) is 6.19. The second-order valence-electron chi connectivity index (χ2n) is 2.24. The van der Waals surface area contributed by atoms with Gasteiger partial charge in [0, 0.05) is 14.5 Å². The van der Waals surface area contributed by atoms with Crippen molar-refractivity contribution in [1.29, 1.82) is 5.26 Å². The summed E-state index contributed by atoms with van der Waals surface area (Å²) in [7, 11) is 0. The van der Waals surface area contributed by atoms with Crippen molar-refractivity contribution >= 4 is 31.9 Å². The van der Waals surface area contributed by atoms with Gasteiger partial charge in [0.1, 0.15) is 6.07 Å². The van der Waals surface area contributed by atoms with Gasteiger partial charge in [-0.3, -0.25) is 0 Å². The standard InChI is InChI=1S/C8H3Br2F2N/c9-6-2-1-4(8(11)12)7(10)5(6)3-13/h1-2,8H. The smallest absolute Gasteiger partial charge is 0.205 e. The van der Waals surface area contributed by atoms with Crippen LogP contribution in [0.5, 0.6) is 0 Å². The Balaban J connectivity index is 3.38. The van der Waals surface area contributed by atoms with E-state index >= 15 is 0 Å². The third-order valence-corrected chi connectivity index (χ3v) is 2.98. The number of rotatable bonds is 1. The second kappa shape index (κ2) is 4.16. The quantitative estimate of drug-likeness (QED) is 0.768. The van der Waals surface area contributed by atoms with Crippen LogP contribution in [0.4, 0.5) is 8.78 Å². The topological polar surface area (TPSA) is 23.8 Å². The Kier molecular flexibility index (Phi) is 3.40. The van der Waals surface area contributed by atoms with Gasteiger partial charge >= 0.3 is 0 Å². The monoisotopic (exact) mass is 309 g/mol. The molecule has 0 bridgehead atoms. The first kappa shape index (κ1) is 10.6. The van der Waals surface area contributed by atoms with Crippen molar-refractivity contribution in [3.8, 4) is 6.07 Å². The van der Waals surface area contributed by atoms with Crippen LogP contribution >= 0.6 is 31.9 Å². The van der Waals surface area contributed by atoms with Crippen molar-refractivity contribution in [1.82, 2.24) is 0 Å². The van der Waals surface area contributed by atoms with Crippen molar-refractivity contribution in [3.63, 3.8) is 0 Å². The third kappa shape index (κ3) is 2.06. The largest absolute Gasteiger partial charge is 0.264 e. The van der Waals surface area contributed by atoms with Gasteiger partial charge in [-0.15, -0.1) is 0 Å². The van der Waals surface area contributed by atoms with Gasteiger partial charge in [-0.1, -0.05) is 6.07 Å². The van der Waals surface area contributed by atoms with Crippen molar-refractivity contribution in [3.05, 3.63) is 32.2 Å². The van der Waals surface area contributed by atoms with Gasteiger partial charge in [-0.25, -0.2) is 8.78 Å². The van der Waals surface area contributed by atoms with E-state index in [4.69, 9.17) is 5.26 Å². The number of nitriles is 1. The molecule has 0 saturated carbocycles. The van der Waals surface area contributed by atoms with Gasteiger partial charge in [0.25, 0.3) is 6.43 Å². The van der Waals surface area contributed by atoms with E-state index in [0.29, 0.717) is 4.47 Å². The molecule has 0 heterocycles. The SMILES string of the molecule is N#Cc1c(Br)ccc(C(F)F)c1Br. The van der Waals surface area contributed by atoms with Crippen molar-refractivity contribution in [2.75, 3.05) is 0 Å². The number of halogens is 4. The summed E-state index contributed by atoms with van der Waals surface area (Å²) in [4.78, 5) is 0. The van der Waals surface area contributed by atoms with Gasteiger partial charge in [-0.2, -0.15) is 5.26 Å². The van der Waals surface area contributed by atoms with Crippen LogP contribution in [-0.4, -0.2) is 0 Å². The van der Waals surface area contributed by atoms with Gasteiger partial charge in [-0.05, 0) is 37.9 Å². The predicted octanol–water partition coefficient (Wildman–Crippen LogP) is 4.02. The minimum absolute atomic E-state index is 0.152. The Morgan fingerprint density at radius 2 is 1.92 bits per heavy atom. The molecule has 0 amide bonds. The fourth-order valence-electron chi connectivity index (χ4n) is 0.840. The number of hydrogen-bond donors (Lipinski definition) is 0. The van der Waals surface area contributed by atoms with Crippen LogP contribution < -0.4 is 0 Å². The van der Waals surface area contributed by atoms with Crippen LogP contribution in [0.3, 0.4) is 0 Å². The van der Waals surface area contributed by atoms with Crippen LogP contribution in [0.15, 0.2) is 21.1 Å². The lowest BCUT2D eigenvalue weighted by Crippen LogP contribution is -1.90. The summed E-state index contributed by atoms with van der Waals surface area (Å²) in [5.41, 5.74) is 0.0255. The van der Waals surface area contributed by atoms with E-state index in [1.807, 2.05) is 6.07 Å². The number of benzene rings is 1. The lowest BCUT2D eigenvalue weighted by Gasteiger charge is -2.05. The van der Waals surface area contributed by atoms with Gasteiger partial charge in [0.2, 0.25) is 0 Å². The highest BCUT2D eigenvalue weighted by Crippen LogP contribution is 2.33. The maximum Gasteiger partial charge on any atom is 0.264 e. The normalized spacial score (nSPS) is 10.2. The second-order valence-corrected chi connectivity index (χ2v) is 3.89. The van der Waals surface area contributed by atoms with E-state index in [1.54, 1.807) is 0 Å². The molecule has 0 radical (unpaired) electrons. The molecule has 0 aliphatic heterocycles. The summed E-state index contributed by atoms with van der Waals surface area (Å²) in [6.07, 6.45) is -2.57. The molecule has 13 heavy (non-hydrogen) atoms. The van der Waals surface area contributed by atoms with E-state index in [-0.39, 0.29) is 15.6 Å². The first-order chi connectivity index (χ1) is 6.07. The molecule has 0 aliphatic rings. The summed E-state index contributed by atoms with van der Waals surface area (Å²) >= 11 is 6.05. The average molecular weight is 311 g/mol. The van der Waals surface area contributed by atoms with E-state index in [1.165, 1.54) is 12.1 Å². The molecule has 0 aliphatic carbocycles. The highest BCUT2D eigenvalue weighted by atomic mass is 79.9. The highest BCUT2D eigenvalue weighted by molar-refractivity contribution is 9.11. The van der Waals surface area contributed by atoms with E-state index in [0.717, 1.165) is 0 Å². The first-order valence-electron chi connectivity index (χ1n) is 3.24. The van der Waals surface area contributed by atoms with E-state index in [2.05, 4.69) is 31.9 Å². The molecule has 0 N–H and O–H groups in total. The van der Waals surface area contributed by atoms with Crippen LogP contribution in [-0.2, 0) is 0 Å². The van der Waals surface area contributed by atoms with Crippen LogP contribution in [0.1, 0.15) is 17.6 Å². The fraction of sp³-hybridized carbons (Fsp3) is 0.125.